The zero-order chi connectivity index (χ0) is 13.7. The Morgan fingerprint density at radius 3 is 2.95 bits per heavy atom. The number of rotatable bonds is 6. The Balaban J connectivity index is 2.34. The van der Waals surface area contributed by atoms with Gasteiger partial charge < -0.3 is 10.1 Å². The summed E-state index contributed by atoms with van der Waals surface area (Å²) in [5.41, 5.74) is 0.920. The minimum Gasteiger partial charge on any atom is -0.481 e. The molecule has 0 aromatic carbocycles. The van der Waals surface area contributed by atoms with E-state index >= 15 is 0 Å². The van der Waals surface area contributed by atoms with Crippen LogP contribution in [-0.4, -0.2) is 23.6 Å². The van der Waals surface area contributed by atoms with Crippen molar-refractivity contribution in [1.29, 1.82) is 0 Å². The zero-order valence-electron chi connectivity index (χ0n) is 10.9. The van der Waals surface area contributed by atoms with Gasteiger partial charge in [0, 0.05) is 15.4 Å². The molecule has 1 unspecified atom stereocenters. The lowest BCUT2D eigenvalue weighted by Crippen LogP contribution is -2.23. The third-order valence-electron chi connectivity index (χ3n) is 2.67. The lowest BCUT2D eigenvalue weighted by Gasteiger charge is -2.17. The van der Waals surface area contributed by atoms with Crippen LogP contribution in [0.5, 0.6) is 5.88 Å². The molecule has 2 aromatic rings. The molecule has 0 aliphatic heterocycles. The first-order valence-electron chi connectivity index (χ1n) is 6.08. The molecule has 0 radical (unpaired) electrons. The molecule has 102 valence electrons. The summed E-state index contributed by atoms with van der Waals surface area (Å²) in [6, 6.07) is 3.99. The van der Waals surface area contributed by atoms with Crippen molar-refractivity contribution in [2.45, 2.75) is 19.4 Å². The second kappa shape index (κ2) is 6.98. The number of nitrogens with zero attached hydrogens (tertiary/aromatic N) is 2. The fraction of sp³-hybridized carbons (Fsp3) is 0.385. The Morgan fingerprint density at radius 2 is 2.32 bits per heavy atom. The van der Waals surface area contributed by atoms with E-state index in [4.69, 9.17) is 4.74 Å². The standard InChI is InChI=1S/C13H16BrN3OS/c1-3-5-15-12(13-9(14)4-6-19-13)10-7-11(18-2)17-8-16-10/h4,6-8,12,15H,3,5H2,1-2H3. The van der Waals surface area contributed by atoms with Crippen LogP contribution in [0.1, 0.15) is 30.0 Å². The quantitative estimate of drug-likeness (QED) is 0.874. The summed E-state index contributed by atoms with van der Waals surface area (Å²) in [6.45, 7) is 3.08. The van der Waals surface area contributed by atoms with E-state index in [1.165, 1.54) is 11.2 Å². The predicted molar refractivity (Wildman–Crippen MR) is 80.7 cm³/mol. The first-order chi connectivity index (χ1) is 9.26. The van der Waals surface area contributed by atoms with Gasteiger partial charge in [-0.15, -0.1) is 11.3 Å². The van der Waals surface area contributed by atoms with Crippen molar-refractivity contribution in [2.75, 3.05) is 13.7 Å². The Labute approximate surface area is 125 Å². The lowest BCUT2D eigenvalue weighted by atomic mass is 10.1. The van der Waals surface area contributed by atoms with Crippen LogP contribution in [-0.2, 0) is 0 Å². The summed E-state index contributed by atoms with van der Waals surface area (Å²) in [4.78, 5) is 9.64. The van der Waals surface area contributed by atoms with Crippen LogP contribution < -0.4 is 10.1 Å². The van der Waals surface area contributed by atoms with Crippen LogP contribution in [0.4, 0.5) is 0 Å². The van der Waals surface area contributed by atoms with Crippen LogP contribution in [0, 0.1) is 0 Å². The van der Waals surface area contributed by atoms with Crippen molar-refractivity contribution < 1.29 is 4.74 Å². The maximum Gasteiger partial charge on any atom is 0.216 e. The summed E-state index contributed by atoms with van der Waals surface area (Å²) in [5, 5.41) is 5.58. The molecule has 0 aliphatic rings. The minimum absolute atomic E-state index is 0.0613. The molecule has 0 amide bonds. The van der Waals surface area contributed by atoms with Gasteiger partial charge in [-0.05, 0) is 40.3 Å². The Bertz CT molecular complexity index is 532. The highest BCUT2D eigenvalue weighted by Crippen LogP contribution is 2.32. The van der Waals surface area contributed by atoms with Gasteiger partial charge in [0.15, 0.2) is 0 Å². The van der Waals surface area contributed by atoms with Crippen molar-refractivity contribution in [3.05, 3.63) is 38.9 Å². The second-order valence-corrected chi connectivity index (χ2v) is 5.81. The summed E-state index contributed by atoms with van der Waals surface area (Å²) in [7, 11) is 1.61. The molecule has 1 atom stereocenters. The van der Waals surface area contributed by atoms with Crippen molar-refractivity contribution >= 4 is 27.3 Å². The van der Waals surface area contributed by atoms with Gasteiger partial charge in [0.1, 0.15) is 6.33 Å². The van der Waals surface area contributed by atoms with Crippen LogP contribution in [0.3, 0.4) is 0 Å². The van der Waals surface area contributed by atoms with Gasteiger partial charge in [0.25, 0.3) is 0 Å². The van der Waals surface area contributed by atoms with E-state index in [-0.39, 0.29) is 6.04 Å². The number of ether oxygens (including phenoxy) is 1. The number of hydrogen-bond donors (Lipinski definition) is 1. The SMILES string of the molecule is CCCNC(c1cc(OC)ncn1)c1sccc1Br. The first kappa shape index (κ1) is 14.4. The van der Waals surface area contributed by atoms with Crippen LogP contribution in [0.25, 0.3) is 0 Å². The van der Waals surface area contributed by atoms with Gasteiger partial charge in [-0.1, -0.05) is 6.92 Å². The molecule has 2 aromatic heterocycles. The fourth-order valence-corrected chi connectivity index (χ4v) is 3.44. The smallest absolute Gasteiger partial charge is 0.216 e. The molecule has 0 spiro atoms. The second-order valence-electron chi connectivity index (χ2n) is 4.01. The molecular formula is C13H16BrN3OS. The van der Waals surface area contributed by atoms with Gasteiger partial charge in [0.2, 0.25) is 5.88 Å². The third-order valence-corrected chi connectivity index (χ3v) is 4.61. The molecule has 0 saturated carbocycles. The molecule has 0 fully saturated rings. The number of thiophene rings is 1. The molecule has 0 bridgehead atoms. The maximum absolute atomic E-state index is 5.17. The highest BCUT2D eigenvalue weighted by molar-refractivity contribution is 9.10. The summed E-state index contributed by atoms with van der Waals surface area (Å²) < 4.78 is 6.27. The van der Waals surface area contributed by atoms with Crippen molar-refractivity contribution in [3.63, 3.8) is 0 Å². The summed E-state index contributed by atoms with van der Waals surface area (Å²) in [6.07, 6.45) is 2.61. The van der Waals surface area contributed by atoms with Crippen molar-refractivity contribution in [3.8, 4) is 5.88 Å². The minimum atomic E-state index is 0.0613. The third kappa shape index (κ3) is 3.52. The fourth-order valence-electron chi connectivity index (χ4n) is 1.75. The van der Waals surface area contributed by atoms with Crippen molar-refractivity contribution in [1.82, 2.24) is 15.3 Å². The van der Waals surface area contributed by atoms with Crippen molar-refractivity contribution in [2.24, 2.45) is 0 Å². The number of methoxy groups -OCH3 is 1. The number of halogens is 1. The molecule has 6 heteroatoms. The molecule has 0 saturated heterocycles. The first-order valence-corrected chi connectivity index (χ1v) is 7.75. The molecule has 0 aliphatic carbocycles. The predicted octanol–water partition coefficient (Wildman–Crippen LogP) is 3.40. The molecule has 4 nitrogen and oxygen atoms in total. The van der Waals surface area contributed by atoms with Gasteiger partial charge in [-0.2, -0.15) is 0 Å². The van der Waals surface area contributed by atoms with E-state index in [2.05, 4.69) is 49.6 Å². The van der Waals surface area contributed by atoms with E-state index in [1.807, 2.05) is 6.07 Å². The van der Waals surface area contributed by atoms with Gasteiger partial charge in [-0.3, -0.25) is 0 Å². The van der Waals surface area contributed by atoms with E-state index in [0.29, 0.717) is 5.88 Å². The summed E-state index contributed by atoms with van der Waals surface area (Å²) >= 11 is 5.29. The van der Waals surface area contributed by atoms with Gasteiger partial charge >= 0.3 is 0 Å². The summed E-state index contributed by atoms with van der Waals surface area (Å²) in [5.74, 6) is 0.584. The number of aromatic nitrogens is 2. The topological polar surface area (TPSA) is 47.0 Å². The van der Waals surface area contributed by atoms with E-state index in [9.17, 15) is 0 Å². The lowest BCUT2D eigenvalue weighted by molar-refractivity contribution is 0.395. The average molecular weight is 342 g/mol. The van der Waals surface area contributed by atoms with E-state index in [0.717, 1.165) is 23.1 Å². The Kier molecular flexibility index (Phi) is 5.30. The Morgan fingerprint density at radius 1 is 1.47 bits per heavy atom. The number of nitrogens with one attached hydrogen (secondary N) is 1. The van der Waals surface area contributed by atoms with Gasteiger partial charge in [-0.25, -0.2) is 9.97 Å². The molecular weight excluding hydrogens is 326 g/mol. The number of hydrogen-bond acceptors (Lipinski definition) is 5. The zero-order valence-corrected chi connectivity index (χ0v) is 13.3. The van der Waals surface area contributed by atoms with Crippen LogP contribution in [0.15, 0.2) is 28.3 Å². The van der Waals surface area contributed by atoms with Crippen LogP contribution in [0.2, 0.25) is 0 Å². The molecule has 1 N–H and O–H groups in total. The largest absolute Gasteiger partial charge is 0.481 e. The van der Waals surface area contributed by atoms with E-state index in [1.54, 1.807) is 18.4 Å². The van der Waals surface area contributed by atoms with E-state index < -0.39 is 0 Å². The average Bonchev–Trinajstić information content (AvgIpc) is 2.86. The highest BCUT2D eigenvalue weighted by atomic mass is 79.9. The highest BCUT2D eigenvalue weighted by Gasteiger charge is 2.19. The monoisotopic (exact) mass is 341 g/mol. The van der Waals surface area contributed by atoms with Gasteiger partial charge in [0.05, 0.1) is 18.8 Å². The molecule has 19 heavy (non-hydrogen) atoms. The molecule has 2 rings (SSSR count). The normalized spacial score (nSPS) is 12.4. The van der Waals surface area contributed by atoms with Crippen LogP contribution >= 0.6 is 27.3 Å². The maximum atomic E-state index is 5.17. The molecule has 2 heterocycles. The Hall–Kier alpha value is -0.980.